The molecule has 0 radical (unpaired) electrons. The molecule has 7 nitrogen and oxygen atoms in total. The van der Waals surface area contributed by atoms with E-state index in [9.17, 15) is 9.59 Å². The van der Waals surface area contributed by atoms with Crippen LogP contribution in [0.1, 0.15) is 21.5 Å². The molecule has 2 aromatic carbocycles. The second-order valence-electron chi connectivity index (χ2n) is 5.61. The first-order valence-electron chi connectivity index (χ1n) is 7.73. The topological polar surface area (TPSA) is 111 Å². The van der Waals surface area contributed by atoms with Gasteiger partial charge in [-0.3, -0.25) is 14.6 Å². The van der Waals surface area contributed by atoms with Crippen molar-refractivity contribution in [2.75, 3.05) is 19.4 Å². The van der Waals surface area contributed by atoms with Crippen molar-refractivity contribution in [3.05, 3.63) is 59.2 Å². The fraction of sp³-hybridized carbons (Fsp3) is 0.222. The molecule has 0 aromatic heterocycles. The number of rotatable bonds is 6. The number of hydrogen-bond donors (Lipinski definition) is 3. The number of nitrogens with one attached hydrogen (secondary N) is 1. The predicted octanol–water partition coefficient (Wildman–Crippen LogP) is 1.22. The lowest BCUT2D eigenvalue weighted by Gasteiger charge is -2.17. The Hall–Kier alpha value is -3.06. The molecule has 0 spiro atoms. The Balaban J connectivity index is 1.94. The fourth-order valence-corrected chi connectivity index (χ4v) is 2.32. The number of anilines is 1. The third-order valence-electron chi connectivity index (χ3n) is 3.68. The molecule has 0 heterocycles. The van der Waals surface area contributed by atoms with Crippen LogP contribution in [0.3, 0.4) is 0 Å². The molecular weight excluding hydrogens is 320 g/mol. The summed E-state index contributed by atoms with van der Waals surface area (Å²) in [6, 6.07) is 12.3. The van der Waals surface area contributed by atoms with Gasteiger partial charge in [-0.15, -0.1) is 0 Å². The summed E-state index contributed by atoms with van der Waals surface area (Å²) in [6.07, 6.45) is 0. The van der Waals surface area contributed by atoms with Gasteiger partial charge >= 0.3 is 0 Å². The highest BCUT2D eigenvalue weighted by atomic mass is 16.5. The van der Waals surface area contributed by atoms with E-state index in [4.69, 9.17) is 16.3 Å². The standard InChI is InChI=1S/C18H22N4O3/c1-12-7-8-13(16(9-12)25-2)10-21-17(23)11-22(20)18(24)14-5-3-4-6-15(14)19/h3-9H,10-11,19-20H2,1-2H3,(H,21,23). The molecule has 2 rings (SSSR count). The fourth-order valence-electron chi connectivity index (χ4n) is 2.32. The highest BCUT2D eigenvalue weighted by Crippen LogP contribution is 2.19. The van der Waals surface area contributed by atoms with Crippen molar-refractivity contribution in [2.45, 2.75) is 13.5 Å². The van der Waals surface area contributed by atoms with Crippen molar-refractivity contribution in [1.82, 2.24) is 10.3 Å². The van der Waals surface area contributed by atoms with Gasteiger partial charge in [-0.2, -0.15) is 0 Å². The zero-order valence-corrected chi connectivity index (χ0v) is 14.3. The van der Waals surface area contributed by atoms with Crippen LogP contribution in [-0.4, -0.2) is 30.5 Å². The SMILES string of the molecule is COc1cc(C)ccc1CNC(=O)CN(N)C(=O)c1ccccc1N. The first-order valence-corrected chi connectivity index (χ1v) is 7.73. The summed E-state index contributed by atoms with van der Waals surface area (Å²) in [6.45, 7) is 1.96. The minimum absolute atomic E-state index is 0.262. The lowest BCUT2D eigenvalue weighted by atomic mass is 10.1. The number of aryl methyl sites for hydroxylation is 1. The predicted molar refractivity (Wildman–Crippen MR) is 95.7 cm³/mol. The van der Waals surface area contributed by atoms with E-state index in [0.29, 0.717) is 11.4 Å². The van der Waals surface area contributed by atoms with Crippen LogP contribution in [0.5, 0.6) is 5.75 Å². The van der Waals surface area contributed by atoms with E-state index in [1.165, 1.54) is 0 Å². The molecule has 0 unspecified atom stereocenters. The van der Waals surface area contributed by atoms with Crippen molar-refractivity contribution in [2.24, 2.45) is 5.84 Å². The number of ether oxygens (including phenoxy) is 1. The highest BCUT2D eigenvalue weighted by molar-refractivity contribution is 6.00. The lowest BCUT2D eigenvalue weighted by molar-refractivity contribution is -0.122. The molecule has 0 saturated carbocycles. The molecule has 0 bridgehead atoms. The summed E-state index contributed by atoms with van der Waals surface area (Å²) in [7, 11) is 1.57. The van der Waals surface area contributed by atoms with Gasteiger partial charge in [-0.05, 0) is 30.7 Å². The summed E-state index contributed by atoms with van der Waals surface area (Å²) in [5.74, 6) is 5.50. The van der Waals surface area contributed by atoms with Crippen LogP contribution in [0, 0.1) is 6.92 Å². The second kappa shape index (κ2) is 8.16. The molecule has 0 aliphatic carbocycles. The van der Waals surface area contributed by atoms with Crippen molar-refractivity contribution in [1.29, 1.82) is 0 Å². The maximum absolute atomic E-state index is 12.2. The zero-order valence-electron chi connectivity index (χ0n) is 14.3. The number of hydrogen-bond acceptors (Lipinski definition) is 5. The lowest BCUT2D eigenvalue weighted by Crippen LogP contribution is -2.45. The van der Waals surface area contributed by atoms with Gasteiger partial charge in [0.15, 0.2) is 0 Å². The van der Waals surface area contributed by atoms with Gasteiger partial charge in [0.05, 0.1) is 12.7 Å². The normalized spacial score (nSPS) is 10.2. The smallest absolute Gasteiger partial charge is 0.270 e. The second-order valence-corrected chi connectivity index (χ2v) is 5.61. The number of benzene rings is 2. The van der Waals surface area contributed by atoms with E-state index >= 15 is 0 Å². The molecule has 0 saturated heterocycles. The largest absolute Gasteiger partial charge is 0.496 e. The number of nitrogen functional groups attached to an aromatic ring is 1. The van der Waals surface area contributed by atoms with Crippen molar-refractivity contribution in [3.8, 4) is 5.75 Å². The molecule has 2 aromatic rings. The van der Waals surface area contributed by atoms with Crippen molar-refractivity contribution >= 4 is 17.5 Å². The quantitative estimate of drug-likeness (QED) is 0.316. The molecule has 0 aliphatic rings. The Labute approximate surface area is 146 Å². The van der Waals surface area contributed by atoms with Crippen LogP contribution >= 0.6 is 0 Å². The Morgan fingerprint density at radius 3 is 2.60 bits per heavy atom. The summed E-state index contributed by atoms with van der Waals surface area (Å²) >= 11 is 0. The van der Waals surface area contributed by atoms with Crippen molar-refractivity contribution in [3.63, 3.8) is 0 Å². The molecule has 132 valence electrons. The number of nitrogens with two attached hydrogens (primary N) is 2. The van der Waals surface area contributed by atoms with E-state index in [2.05, 4.69) is 5.32 Å². The number of para-hydroxylation sites is 1. The summed E-state index contributed by atoms with van der Waals surface area (Å²) in [5, 5.41) is 3.56. The summed E-state index contributed by atoms with van der Waals surface area (Å²) in [5.41, 5.74) is 8.22. The van der Waals surface area contributed by atoms with E-state index in [1.807, 2.05) is 25.1 Å². The number of carbonyl (C=O) groups is 2. The molecule has 5 N–H and O–H groups in total. The van der Waals surface area contributed by atoms with Gasteiger partial charge < -0.3 is 15.8 Å². The number of hydrazine groups is 1. The maximum Gasteiger partial charge on any atom is 0.270 e. The van der Waals surface area contributed by atoms with Crippen LogP contribution in [-0.2, 0) is 11.3 Å². The third kappa shape index (κ3) is 4.71. The van der Waals surface area contributed by atoms with E-state index in [0.717, 1.165) is 16.1 Å². The molecule has 25 heavy (non-hydrogen) atoms. The highest BCUT2D eigenvalue weighted by Gasteiger charge is 2.17. The van der Waals surface area contributed by atoms with Crippen molar-refractivity contribution < 1.29 is 14.3 Å². The van der Waals surface area contributed by atoms with Crippen LogP contribution < -0.4 is 21.6 Å². The number of amides is 2. The maximum atomic E-state index is 12.2. The Morgan fingerprint density at radius 2 is 1.92 bits per heavy atom. The number of methoxy groups -OCH3 is 1. The van der Waals surface area contributed by atoms with E-state index in [1.54, 1.807) is 31.4 Å². The van der Waals surface area contributed by atoms with E-state index in [-0.39, 0.29) is 24.6 Å². The minimum Gasteiger partial charge on any atom is -0.496 e. The molecule has 7 heteroatoms. The van der Waals surface area contributed by atoms with Crippen LogP contribution in [0.15, 0.2) is 42.5 Å². The summed E-state index contributed by atoms with van der Waals surface area (Å²) < 4.78 is 5.29. The summed E-state index contributed by atoms with van der Waals surface area (Å²) in [4.78, 5) is 24.3. The minimum atomic E-state index is -0.513. The van der Waals surface area contributed by atoms with Crippen LogP contribution in [0.4, 0.5) is 5.69 Å². The van der Waals surface area contributed by atoms with Gasteiger partial charge in [0.25, 0.3) is 5.91 Å². The molecule has 0 aliphatic heterocycles. The van der Waals surface area contributed by atoms with E-state index < -0.39 is 5.91 Å². The number of carbonyl (C=O) groups excluding carboxylic acids is 2. The number of nitrogens with zero attached hydrogens (tertiary/aromatic N) is 1. The Bertz CT molecular complexity index is 777. The van der Waals surface area contributed by atoms with Crippen LogP contribution in [0.25, 0.3) is 0 Å². The first kappa shape index (κ1) is 18.3. The van der Waals surface area contributed by atoms with Crippen LogP contribution in [0.2, 0.25) is 0 Å². The average molecular weight is 342 g/mol. The average Bonchev–Trinajstić information content (AvgIpc) is 2.60. The van der Waals surface area contributed by atoms with Gasteiger partial charge in [0.1, 0.15) is 12.3 Å². The first-order chi connectivity index (χ1) is 11.9. The molecule has 0 fully saturated rings. The molecule has 0 atom stereocenters. The molecule has 2 amide bonds. The van der Waals surface area contributed by atoms with Gasteiger partial charge in [0.2, 0.25) is 5.91 Å². The third-order valence-corrected chi connectivity index (χ3v) is 3.68. The Kier molecular flexibility index (Phi) is 5.97. The van der Waals surface area contributed by atoms with Gasteiger partial charge in [-0.25, -0.2) is 5.84 Å². The Morgan fingerprint density at radius 1 is 1.20 bits per heavy atom. The van der Waals surface area contributed by atoms with Gasteiger partial charge in [-0.1, -0.05) is 24.3 Å². The zero-order chi connectivity index (χ0) is 18.4. The van der Waals surface area contributed by atoms with Gasteiger partial charge in [0, 0.05) is 17.8 Å². The monoisotopic (exact) mass is 342 g/mol. The molecular formula is C18H22N4O3.